The highest BCUT2D eigenvalue weighted by molar-refractivity contribution is 7.99. The van der Waals surface area contributed by atoms with Gasteiger partial charge in [0.25, 0.3) is 6.43 Å². The first-order valence-electron chi connectivity index (χ1n) is 7.71. The molecule has 0 aliphatic heterocycles. The third-order valence-corrected chi connectivity index (χ3v) is 4.72. The Labute approximate surface area is 154 Å². The third kappa shape index (κ3) is 4.35. The van der Waals surface area contributed by atoms with Crippen LogP contribution >= 0.6 is 11.8 Å². The smallest absolute Gasteiger partial charge is 0.236 e. The number of rotatable bonds is 4. The van der Waals surface area contributed by atoms with Crippen molar-refractivity contribution in [1.82, 2.24) is 9.97 Å². The Balaban J connectivity index is 2.01. The van der Waals surface area contributed by atoms with Gasteiger partial charge in [-0.3, -0.25) is 0 Å². The quantitative estimate of drug-likeness (QED) is 0.374. The summed E-state index contributed by atoms with van der Waals surface area (Å²) in [6.45, 7) is 1.78. The first kappa shape index (κ1) is 19.5. The summed E-state index contributed by atoms with van der Waals surface area (Å²) in [6, 6.07) is 9.88. The highest BCUT2D eigenvalue weighted by atomic mass is 32.2. The lowest BCUT2D eigenvalue weighted by Gasteiger charge is -2.12. The standard InChI is InChI=1S/C18H12F6N2S/c1-9-2-7-13-12(8-9)16(26-17(25-13)18(22,23)24)27-11-5-3-10(4-6-11)14(19)15(20)21/h2-8,14-15H,1H3. The maximum Gasteiger partial charge on any atom is 0.451 e. The summed E-state index contributed by atoms with van der Waals surface area (Å²) in [5.41, 5.74) is 0.762. The molecule has 1 aromatic heterocycles. The van der Waals surface area contributed by atoms with Crippen LogP contribution in [0.5, 0.6) is 0 Å². The van der Waals surface area contributed by atoms with Crippen LogP contribution in [0.15, 0.2) is 52.4 Å². The average molecular weight is 402 g/mol. The Morgan fingerprint density at radius 2 is 1.59 bits per heavy atom. The van der Waals surface area contributed by atoms with Crippen LogP contribution in [0.1, 0.15) is 23.1 Å². The van der Waals surface area contributed by atoms with Gasteiger partial charge in [-0.1, -0.05) is 35.5 Å². The highest BCUT2D eigenvalue weighted by Gasteiger charge is 2.35. The van der Waals surface area contributed by atoms with Gasteiger partial charge in [0, 0.05) is 10.3 Å². The summed E-state index contributed by atoms with van der Waals surface area (Å²) in [5.74, 6) is -1.26. The Hall–Kier alpha value is -2.29. The van der Waals surface area contributed by atoms with Gasteiger partial charge >= 0.3 is 6.18 Å². The van der Waals surface area contributed by atoms with Gasteiger partial charge in [-0.05, 0) is 36.8 Å². The fourth-order valence-corrected chi connectivity index (χ4v) is 3.30. The normalized spacial score (nSPS) is 13.3. The van der Waals surface area contributed by atoms with Gasteiger partial charge in [-0.15, -0.1) is 0 Å². The fourth-order valence-electron chi connectivity index (χ4n) is 2.40. The number of fused-ring (bicyclic) bond motifs is 1. The molecule has 142 valence electrons. The molecule has 0 fully saturated rings. The van der Waals surface area contributed by atoms with Crippen molar-refractivity contribution in [3.8, 4) is 0 Å². The molecule has 0 saturated carbocycles. The molecule has 0 spiro atoms. The second-order valence-corrected chi connectivity index (χ2v) is 6.84. The van der Waals surface area contributed by atoms with Crippen LogP contribution in [0.3, 0.4) is 0 Å². The van der Waals surface area contributed by atoms with E-state index in [2.05, 4.69) is 9.97 Å². The monoisotopic (exact) mass is 402 g/mol. The zero-order chi connectivity index (χ0) is 19.8. The highest BCUT2D eigenvalue weighted by Crippen LogP contribution is 2.36. The van der Waals surface area contributed by atoms with Crippen LogP contribution < -0.4 is 0 Å². The molecule has 0 amide bonds. The SMILES string of the molecule is Cc1ccc2nc(C(F)(F)F)nc(Sc3ccc(C(F)C(F)F)cc3)c2c1. The zero-order valence-corrected chi connectivity index (χ0v) is 14.6. The summed E-state index contributed by atoms with van der Waals surface area (Å²) in [7, 11) is 0. The number of hydrogen-bond donors (Lipinski definition) is 0. The minimum absolute atomic E-state index is 0.0782. The molecule has 3 aromatic rings. The van der Waals surface area contributed by atoms with E-state index in [1.165, 1.54) is 30.3 Å². The van der Waals surface area contributed by atoms with Gasteiger partial charge in [-0.2, -0.15) is 13.2 Å². The topological polar surface area (TPSA) is 25.8 Å². The minimum Gasteiger partial charge on any atom is -0.236 e. The fraction of sp³-hybridized carbons (Fsp3) is 0.222. The predicted octanol–water partition coefficient (Wildman–Crippen LogP) is 6.38. The summed E-state index contributed by atoms with van der Waals surface area (Å²) in [4.78, 5) is 7.63. The van der Waals surface area contributed by atoms with E-state index >= 15 is 0 Å². The Morgan fingerprint density at radius 3 is 2.19 bits per heavy atom. The zero-order valence-electron chi connectivity index (χ0n) is 13.8. The Bertz CT molecular complexity index is 956. The van der Waals surface area contributed by atoms with E-state index in [0.29, 0.717) is 10.3 Å². The molecule has 1 heterocycles. The average Bonchev–Trinajstić information content (AvgIpc) is 2.61. The largest absolute Gasteiger partial charge is 0.451 e. The molecular weight excluding hydrogens is 390 g/mol. The molecule has 2 nitrogen and oxygen atoms in total. The number of nitrogens with zero attached hydrogens (tertiary/aromatic N) is 2. The molecule has 0 radical (unpaired) electrons. The van der Waals surface area contributed by atoms with Gasteiger partial charge in [0.2, 0.25) is 5.82 Å². The number of hydrogen-bond acceptors (Lipinski definition) is 3. The minimum atomic E-state index is -4.71. The van der Waals surface area contributed by atoms with Crippen molar-refractivity contribution < 1.29 is 26.3 Å². The molecule has 0 saturated heterocycles. The Kier molecular flexibility index (Phi) is 5.32. The molecule has 0 aliphatic rings. The molecule has 9 heteroatoms. The molecule has 0 bridgehead atoms. The third-order valence-electron chi connectivity index (χ3n) is 3.70. The van der Waals surface area contributed by atoms with E-state index in [1.807, 2.05) is 0 Å². The van der Waals surface area contributed by atoms with Gasteiger partial charge in [-0.25, -0.2) is 23.1 Å². The molecule has 3 rings (SSSR count). The van der Waals surface area contributed by atoms with E-state index in [4.69, 9.17) is 0 Å². The predicted molar refractivity (Wildman–Crippen MR) is 89.7 cm³/mol. The number of benzene rings is 2. The lowest BCUT2D eigenvalue weighted by Crippen LogP contribution is -2.11. The number of alkyl halides is 6. The van der Waals surface area contributed by atoms with Gasteiger partial charge < -0.3 is 0 Å². The summed E-state index contributed by atoms with van der Waals surface area (Å²) in [6.07, 6.45) is -10.3. The summed E-state index contributed by atoms with van der Waals surface area (Å²) in [5, 5.41) is 0.516. The van der Waals surface area contributed by atoms with Crippen LogP contribution in [-0.2, 0) is 6.18 Å². The van der Waals surface area contributed by atoms with Crippen LogP contribution in [0, 0.1) is 6.92 Å². The van der Waals surface area contributed by atoms with E-state index in [-0.39, 0.29) is 16.1 Å². The summed E-state index contributed by atoms with van der Waals surface area (Å²) < 4.78 is 77.5. The maximum absolute atomic E-state index is 13.4. The van der Waals surface area contributed by atoms with Crippen molar-refractivity contribution in [3.63, 3.8) is 0 Å². The van der Waals surface area contributed by atoms with E-state index in [9.17, 15) is 26.3 Å². The second kappa shape index (κ2) is 7.38. The maximum atomic E-state index is 13.4. The van der Waals surface area contributed by atoms with Crippen molar-refractivity contribution in [2.24, 2.45) is 0 Å². The molecule has 1 unspecified atom stereocenters. The molecule has 27 heavy (non-hydrogen) atoms. The molecule has 0 aliphatic carbocycles. The van der Waals surface area contributed by atoms with Crippen molar-refractivity contribution >= 4 is 22.7 Å². The first-order chi connectivity index (χ1) is 12.6. The molecule has 2 aromatic carbocycles. The van der Waals surface area contributed by atoms with E-state index in [1.54, 1.807) is 19.1 Å². The lowest BCUT2D eigenvalue weighted by atomic mass is 10.1. The van der Waals surface area contributed by atoms with Crippen molar-refractivity contribution in [2.45, 2.75) is 35.6 Å². The van der Waals surface area contributed by atoms with Gasteiger partial charge in [0.15, 0.2) is 6.17 Å². The van der Waals surface area contributed by atoms with Crippen molar-refractivity contribution in [2.75, 3.05) is 0 Å². The van der Waals surface area contributed by atoms with E-state index in [0.717, 1.165) is 17.3 Å². The lowest BCUT2D eigenvalue weighted by molar-refractivity contribution is -0.145. The van der Waals surface area contributed by atoms with Crippen LogP contribution in [0.2, 0.25) is 0 Å². The second-order valence-electron chi connectivity index (χ2n) is 5.78. The van der Waals surface area contributed by atoms with Crippen LogP contribution in [0.4, 0.5) is 26.3 Å². The van der Waals surface area contributed by atoms with E-state index < -0.39 is 24.6 Å². The Morgan fingerprint density at radius 1 is 0.926 bits per heavy atom. The number of aryl methyl sites for hydroxylation is 1. The van der Waals surface area contributed by atoms with Gasteiger partial charge in [0.05, 0.1) is 5.52 Å². The van der Waals surface area contributed by atoms with Crippen LogP contribution in [-0.4, -0.2) is 16.4 Å². The van der Waals surface area contributed by atoms with Crippen molar-refractivity contribution in [3.05, 3.63) is 59.4 Å². The van der Waals surface area contributed by atoms with Gasteiger partial charge in [0.1, 0.15) is 5.03 Å². The number of aromatic nitrogens is 2. The molecular formula is C18H12F6N2S. The summed E-state index contributed by atoms with van der Waals surface area (Å²) >= 11 is 0.924. The number of halogens is 6. The van der Waals surface area contributed by atoms with Crippen LogP contribution in [0.25, 0.3) is 10.9 Å². The molecule has 0 N–H and O–H groups in total. The van der Waals surface area contributed by atoms with Crippen molar-refractivity contribution in [1.29, 1.82) is 0 Å². The first-order valence-corrected chi connectivity index (χ1v) is 8.52. The molecule has 1 atom stereocenters.